The molecule has 0 amide bonds. The minimum absolute atomic E-state index is 0.786. The van der Waals surface area contributed by atoms with Crippen molar-refractivity contribution in [3.8, 4) is 0 Å². The molecule has 0 bridgehead atoms. The average molecular weight is 230 g/mol. The summed E-state index contributed by atoms with van der Waals surface area (Å²) in [5.41, 5.74) is 5.07. The predicted molar refractivity (Wildman–Crippen MR) is 73.3 cm³/mol. The molecule has 0 aliphatic rings. The van der Waals surface area contributed by atoms with Crippen molar-refractivity contribution in [3.05, 3.63) is 29.6 Å². The van der Waals surface area contributed by atoms with Crippen molar-refractivity contribution in [2.24, 2.45) is 5.92 Å². The monoisotopic (exact) mass is 230 g/mol. The molecule has 17 heavy (non-hydrogen) atoms. The van der Waals surface area contributed by atoms with E-state index in [1.807, 2.05) is 6.33 Å². The van der Waals surface area contributed by atoms with Crippen LogP contribution in [-0.4, -0.2) is 9.55 Å². The van der Waals surface area contributed by atoms with Crippen LogP contribution in [0.25, 0.3) is 11.0 Å². The molecule has 2 aromatic rings. The van der Waals surface area contributed by atoms with Crippen LogP contribution in [0.1, 0.15) is 37.8 Å². The van der Waals surface area contributed by atoms with Crippen LogP contribution in [0.2, 0.25) is 0 Å². The summed E-state index contributed by atoms with van der Waals surface area (Å²) >= 11 is 0. The van der Waals surface area contributed by atoms with E-state index in [0.29, 0.717) is 0 Å². The Morgan fingerprint density at radius 2 is 1.88 bits per heavy atom. The summed E-state index contributed by atoms with van der Waals surface area (Å²) in [6.07, 6.45) is 4.49. The molecule has 1 aromatic heterocycles. The predicted octanol–water partition coefficient (Wildman–Crippen LogP) is 4.09. The third-order valence-electron chi connectivity index (χ3n) is 3.42. The molecule has 1 heterocycles. The molecule has 92 valence electrons. The van der Waals surface area contributed by atoms with Gasteiger partial charge in [0.25, 0.3) is 0 Å². The molecule has 0 N–H and O–H groups in total. The molecule has 0 aliphatic heterocycles. The quantitative estimate of drug-likeness (QED) is 0.773. The number of nitrogens with zero attached hydrogens (tertiary/aromatic N) is 2. The summed E-state index contributed by atoms with van der Waals surface area (Å²) in [5.74, 6) is 0.786. The molecule has 0 unspecified atom stereocenters. The number of aryl methyl sites for hydroxylation is 3. The fourth-order valence-corrected chi connectivity index (χ4v) is 2.16. The van der Waals surface area contributed by atoms with Crippen molar-refractivity contribution >= 4 is 11.0 Å². The van der Waals surface area contributed by atoms with Crippen LogP contribution in [0, 0.1) is 19.8 Å². The molecule has 0 fully saturated rings. The van der Waals surface area contributed by atoms with Gasteiger partial charge in [-0.1, -0.05) is 13.8 Å². The smallest absolute Gasteiger partial charge is 0.0958 e. The molecule has 0 atom stereocenters. The normalized spacial score (nSPS) is 11.6. The van der Waals surface area contributed by atoms with Gasteiger partial charge in [-0.05, 0) is 55.9 Å². The average Bonchev–Trinajstić information content (AvgIpc) is 2.62. The van der Waals surface area contributed by atoms with E-state index >= 15 is 0 Å². The lowest BCUT2D eigenvalue weighted by molar-refractivity contribution is 0.516. The van der Waals surface area contributed by atoms with Crippen molar-refractivity contribution in [2.75, 3.05) is 0 Å². The second kappa shape index (κ2) is 4.91. The van der Waals surface area contributed by atoms with Crippen LogP contribution in [0.5, 0.6) is 0 Å². The van der Waals surface area contributed by atoms with Crippen LogP contribution < -0.4 is 0 Å². The summed E-state index contributed by atoms with van der Waals surface area (Å²) in [6.45, 7) is 9.95. The summed E-state index contributed by atoms with van der Waals surface area (Å²) in [7, 11) is 0. The zero-order valence-electron chi connectivity index (χ0n) is 11.3. The Hall–Kier alpha value is -1.31. The highest BCUT2D eigenvalue weighted by molar-refractivity contribution is 5.77. The lowest BCUT2D eigenvalue weighted by Gasteiger charge is -2.07. The zero-order chi connectivity index (χ0) is 12.4. The van der Waals surface area contributed by atoms with E-state index in [1.165, 1.54) is 29.5 Å². The second-order valence-corrected chi connectivity index (χ2v) is 5.40. The Bertz CT molecular complexity index is 509. The van der Waals surface area contributed by atoms with E-state index in [4.69, 9.17) is 0 Å². The Labute approximate surface area is 104 Å². The van der Waals surface area contributed by atoms with Gasteiger partial charge in [0.05, 0.1) is 17.4 Å². The van der Waals surface area contributed by atoms with Crippen molar-refractivity contribution in [2.45, 2.75) is 47.1 Å². The van der Waals surface area contributed by atoms with Crippen LogP contribution in [-0.2, 0) is 6.54 Å². The number of imidazole rings is 1. The van der Waals surface area contributed by atoms with E-state index < -0.39 is 0 Å². The van der Waals surface area contributed by atoms with Gasteiger partial charge in [0.1, 0.15) is 0 Å². The van der Waals surface area contributed by atoms with Crippen LogP contribution >= 0.6 is 0 Å². The molecule has 2 nitrogen and oxygen atoms in total. The SMILES string of the molecule is Cc1cc2ncn(CCCC(C)C)c2cc1C. The van der Waals surface area contributed by atoms with Crippen molar-refractivity contribution in [3.63, 3.8) is 0 Å². The number of fused-ring (bicyclic) bond motifs is 1. The summed E-state index contributed by atoms with van der Waals surface area (Å²) in [4.78, 5) is 4.48. The van der Waals surface area contributed by atoms with Crippen LogP contribution in [0.3, 0.4) is 0 Å². The van der Waals surface area contributed by atoms with E-state index in [2.05, 4.69) is 49.4 Å². The largest absolute Gasteiger partial charge is 0.331 e. The fraction of sp³-hybridized carbons (Fsp3) is 0.533. The topological polar surface area (TPSA) is 17.8 Å². The van der Waals surface area contributed by atoms with Crippen LogP contribution in [0.15, 0.2) is 18.5 Å². The Morgan fingerprint density at radius 3 is 2.59 bits per heavy atom. The van der Waals surface area contributed by atoms with Gasteiger partial charge in [-0.2, -0.15) is 0 Å². The van der Waals surface area contributed by atoms with E-state index in [-0.39, 0.29) is 0 Å². The third-order valence-corrected chi connectivity index (χ3v) is 3.42. The van der Waals surface area contributed by atoms with Gasteiger partial charge in [-0.15, -0.1) is 0 Å². The van der Waals surface area contributed by atoms with Gasteiger partial charge in [0.2, 0.25) is 0 Å². The van der Waals surface area contributed by atoms with Gasteiger partial charge >= 0.3 is 0 Å². The zero-order valence-corrected chi connectivity index (χ0v) is 11.3. The van der Waals surface area contributed by atoms with Gasteiger partial charge in [-0.3, -0.25) is 0 Å². The molecule has 0 radical (unpaired) electrons. The number of benzene rings is 1. The van der Waals surface area contributed by atoms with Gasteiger partial charge in [0.15, 0.2) is 0 Å². The highest BCUT2D eigenvalue weighted by Crippen LogP contribution is 2.19. The second-order valence-electron chi connectivity index (χ2n) is 5.40. The highest BCUT2D eigenvalue weighted by Gasteiger charge is 2.05. The molecule has 0 saturated carbocycles. The Balaban J connectivity index is 2.21. The summed E-state index contributed by atoms with van der Waals surface area (Å²) in [6, 6.07) is 4.44. The first-order valence-corrected chi connectivity index (χ1v) is 6.50. The lowest BCUT2D eigenvalue weighted by Crippen LogP contribution is -1.98. The third kappa shape index (κ3) is 2.68. The first-order chi connectivity index (χ1) is 8.08. The van der Waals surface area contributed by atoms with Gasteiger partial charge < -0.3 is 4.57 Å². The maximum absolute atomic E-state index is 4.48. The highest BCUT2D eigenvalue weighted by atomic mass is 15.0. The van der Waals surface area contributed by atoms with E-state index in [1.54, 1.807) is 0 Å². The molecule has 0 aliphatic carbocycles. The van der Waals surface area contributed by atoms with E-state index in [0.717, 1.165) is 18.0 Å². The Kier molecular flexibility index (Phi) is 3.51. The minimum Gasteiger partial charge on any atom is -0.331 e. The first kappa shape index (κ1) is 12.2. The minimum atomic E-state index is 0.786. The van der Waals surface area contributed by atoms with Crippen LogP contribution in [0.4, 0.5) is 0 Å². The molecule has 2 heteroatoms. The molecule has 1 aromatic carbocycles. The van der Waals surface area contributed by atoms with Crippen molar-refractivity contribution in [1.29, 1.82) is 0 Å². The summed E-state index contributed by atoms with van der Waals surface area (Å²) < 4.78 is 2.28. The first-order valence-electron chi connectivity index (χ1n) is 6.50. The molecule has 2 rings (SSSR count). The Morgan fingerprint density at radius 1 is 1.18 bits per heavy atom. The van der Waals surface area contributed by atoms with E-state index in [9.17, 15) is 0 Å². The number of hydrogen-bond donors (Lipinski definition) is 0. The van der Waals surface area contributed by atoms with Gasteiger partial charge in [-0.25, -0.2) is 4.98 Å². The molecular formula is C15H22N2. The lowest BCUT2D eigenvalue weighted by atomic mass is 10.1. The molecule has 0 spiro atoms. The van der Waals surface area contributed by atoms with Gasteiger partial charge in [0, 0.05) is 6.54 Å². The maximum atomic E-state index is 4.48. The molecular weight excluding hydrogens is 208 g/mol. The number of hydrogen-bond acceptors (Lipinski definition) is 1. The number of rotatable bonds is 4. The summed E-state index contributed by atoms with van der Waals surface area (Å²) in [5, 5.41) is 0. The van der Waals surface area contributed by atoms with Crippen molar-refractivity contribution in [1.82, 2.24) is 9.55 Å². The molecule has 0 saturated heterocycles. The number of aromatic nitrogens is 2. The standard InChI is InChI=1S/C15H22N2/c1-11(2)6-5-7-17-10-16-14-8-12(3)13(4)9-15(14)17/h8-11H,5-7H2,1-4H3. The fourth-order valence-electron chi connectivity index (χ4n) is 2.16. The maximum Gasteiger partial charge on any atom is 0.0958 e. The van der Waals surface area contributed by atoms with Crippen molar-refractivity contribution < 1.29 is 0 Å².